The Balaban J connectivity index is 1.93. The molecule has 0 spiro atoms. The Hall–Kier alpha value is -0.590. The molecule has 0 saturated carbocycles. The highest BCUT2D eigenvalue weighted by atomic mass is 35.5. The number of alkyl halides is 1. The van der Waals surface area contributed by atoms with Crippen LogP contribution in [0.5, 0.6) is 0 Å². The van der Waals surface area contributed by atoms with Gasteiger partial charge in [0.2, 0.25) is 0 Å². The van der Waals surface area contributed by atoms with E-state index < -0.39 is 10.0 Å². The lowest BCUT2D eigenvalue weighted by molar-refractivity contribution is 0.250. The van der Waals surface area contributed by atoms with E-state index in [1.807, 2.05) is 6.92 Å². The molecule has 3 rings (SSSR count). The summed E-state index contributed by atoms with van der Waals surface area (Å²) in [7, 11) is -3.47. The van der Waals surface area contributed by atoms with E-state index in [1.54, 1.807) is 21.4 Å². The van der Waals surface area contributed by atoms with E-state index >= 15 is 0 Å². The normalized spacial score (nSPS) is 31.8. The Bertz CT molecular complexity index is 557. The third-order valence-corrected chi connectivity index (χ3v) is 6.37. The lowest BCUT2D eigenvalue weighted by atomic mass is 10.1. The summed E-state index contributed by atoms with van der Waals surface area (Å²) in [6.07, 6.45) is 6.53. The molecule has 2 saturated heterocycles. The molecule has 2 bridgehead atoms. The molecule has 2 aliphatic rings. The molecule has 2 aliphatic heterocycles. The summed E-state index contributed by atoms with van der Waals surface area (Å²) in [6.45, 7) is 2.68. The van der Waals surface area contributed by atoms with Crippen LogP contribution in [-0.4, -0.2) is 39.7 Å². The van der Waals surface area contributed by atoms with Crippen molar-refractivity contribution in [1.29, 1.82) is 0 Å². The summed E-state index contributed by atoms with van der Waals surface area (Å²) in [4.78, 5) is 4.05. The SMILES string of the molecule is CCn1cnc(S(=O)(=O)N2C3CCC2CC(Cl)C3)c1. The molecule has 0 aromatic carbocycles. The van der Waals surface area contributed by atoms with Gasteiger partial charge in [-0.2, -0.15) is 4.31 Å². The first kappa shape index (κ1) is 13.4. The van der Waals surface area contributed by atoms with E-state index in [0.717, 1.165) is 32.2 Å². The van der Waals surface area contributed by atoms with Crippen LogP contribution >= 0.6 is 11.6 Å². The van der Waals surface area contributed by atoms with Crippen molar-refractivity contribution in [2.75, 3.05) is 0 Å². The van der Waals surface area contributed by atoms with Crippen LogP contribution in [0, 0.1) is 0 Å². The van der Waals surface area contributed by atoms with Crippen molar-refractivity contribution < 1.29 is 8.42 Å². The molecular weight excluding hydrogens is 286 g/mol. The molecule has 7 heteroatoms. The number of hydrogen-bond acceptors (Lipinski definition) is 3. The van der Waals surface area contributed by atoms with Gasteiger partial charge in [-0.15, -0.1) is 11.6 Å². The molecular formula is C12H18ClN3O2S. The number of sulfonamides is 1. The van der Waals surface area contributed by atoms with Gasteiger partial charge >= 0.3 is 0 Å². The zero-order valence-electron chi connectivity index (χ0n) is 10.9. The van der Waals surface area contributed by atoms with Gasteiger partial charge in [0, 0.05) is 30.2 Å². The van der Waals surface area contributed by atoms with Gasteiger partial charge in [-0.25, -0.2) is 13.4 Å². The van der Waals surface area contributed by atoms with Crippen molar-refractivity contribution >= 4 is 21.6 Å². The number of aryl methyl sites for hydroxylation is 1. The largest absolute Gasteiger partial charge is 0.336 e. The second-order valence-electron chi connectivity index (χ2n) is 5.33. The number of piperidine rings is 1. The molecule has 1 aromatic rings. The monoisotopic (exact) mass is 303 g/mol. The molecule has 2 fully saturated rings. The number of halogens is 1. The van der Waals surface area contributed by atoms with Gasteiger partial charge in [-0.3, -0.25) is 0 Å². The van der Waals surface area contributed by atoms with Crippen LogP contribution in [0.3, 0.4) is 0 Å². The molecule has 1 aromatic heterocycles. The van der Waals surface area contributed by atoms with Crippen LogP contribution in [-0.2, 0) is 16.6 Å². The fraction of sp³-hybridized carbons (Fsp3) is 0.750. The lowest BCUT2D eigenvalue weighted by Gasteiger charge is -2.35. The number of rotatable bonds is 3. The molecule has 106 valence electrons. The predicted octanol–water partition coefficient (Wildman–Crippen LogP) is 1.83. The minimum absolute atomic E-state index is 0.0537. The van der Waals surface area contributed by atoms with Crippen LogP contribution in [0.1, 0.15) is 32.6 Å². The van der Waals surface area contributed by atoms with Crippen molar-refractivity contribution in [3.8, 4) is 0 Å². The Morgan fingerprint density at radius 2 is 2.00 bits per heavy atom. The second kappa shape index (κ2) is 4.75. The predicted molar refractivity (Wildman–Crippen MR) is 72.6 cm³/mol. The van der Waals surface area contributed by atoms with E-state index in [1.165, 1.54) is 0 Å². The molecule has 0 aliphatic carbocycles. The van der Waals surface area contributed by atoms with Crippen molar-refractivity contribution in [3.05, 3.63) is 12.5 Å². The smallest absolute Gasteiger partial charge is 0.262 e. The van der Waals surface area contributed by atoms with Crippen molar-refractivity contribution in [2.24, 2.45) is 0 Å². The summed E-state index contributed by atoms with van der Waals surface area (Å²) >= 11 is 6.19. The molecule has 2 atom stereocenters. The zero-order valence-corrected chi connectivity index (χ0v) is 12.4. The number of imidazole rings is 1. The van der Waals surface area contributed by atoms with E-state index in [0.29, 0.717) is 0 Å². The van der Waals surface area contributed by atoms with Crippen molar-refractivity contribution in [3.63, 3.8) is 0 Å². The first-order chi connectivity index (χ1) is 9.02. The molecule has 0 radical (unpaired) electrons. The quantitative estimate of drug-likeness (QED) is 0.801. The van der Waals surface area contributed by atoms with Crippen molar-refractivity contribution in [2.45, 2.75) is 61.6 Å². The van der Waals surface area contributed by atoms with Crippen LogP contribution < -0.4 is 0 Å². The number of aromatic nitrogens is 2. The van der Waals surface area contributed by atoms with E-state index in [4.69, 9.17) is 11.6 Å². The minimum atomic E-state index is -3.47. The van der Waals surface area contributed by atoms with Gasteiger partial charge in [0.05, 0.1) is 6.33 Å². The topological polar surface area (TPSA) is 55.2 Å². The number of hydrogen-bond donors (Lipinski definition) is 0. The third-order valence-electron chi connectivity index (χ3n) is 4.13. The van der Waals surface area contributed by atoms with Gasteiger partial charge in [-0.1, -0.05) is 0 Å². The van der Waals surface area contributed by atoms with Gasteiger partial charge in [-0.05, 0) is 32.6 Å². The van der Waals surface area contributed by atoms with Crippen LogP contribution in [0.4, 0.5) is 0 Å². The Morgan fingerprint density at radius 3 is 2.53 bits per heavy atom. The molecule has 5 nitrogen and oxygen atoms in total. The molecule has 0 amide bonds. The number of fused-ring (bicyclic) bond motifs is 2. The van der Waals surface area contributed by atoms with Gasteiger partial charge in [0.15, 0.2) is 5.03 Å². The Labute approximate surface area is 118 Å². The van der Waals surface area contributed by atoms with Gasteiger partial charge < -0.3 is 4.57 Å². The highest BCUT2D eigenvalue weighted by molar-refractivity contribution is 7.89. The average molecular weight is 304 g/mol. The van der Waals surface area contributed by atoms with Crippen LogP contribution in [0.15, 0.2) is 17.6 Å². The summed E-state index contributed by atoms with van der Waals surface area (Å²) in [5.74, 6) is 0. The second-order valence-corrected chi connectivity index (χ2v) is 7.74. The van der Waals surface area contributed by atoms with Gasteiger partial charge in [0.1, 0.15) is 0 Å². The first-order valence-corrected chi connectivity index (χ1v) is 8.59. The lowest BCUT2D eigenvalue weighted by Crippen LogP contribution is -2.46. The average Bonchev–Trinajstić information content (AvgIpc) is 2.93. The first-order valence-electron chi connectivity index (χ1n) is 6.71. The van der Waals surface area contributed by atoms with Crippen molar-refractivity contribution in [1.82, 2.24) is 13.9 Å². The third kappa shape index (κ3) is 2.19. The Kier molecular flexibility index (Phi) is 3.35. The molecule has 3 heterocycles. The number of nitrogens with zero attached hydrogens (tertiary/aromatic N) is 3. The fourth-order valence-electron chi connectivity index (χ4n) is 3.21. The van der Waals surface area contributed by atoms with Crippen LogP contribution in [0.25, 0.3) is 0 Å². The standard InChI is InChI=1S/C12H18ClN3O2S/c1-2-15-7-12(14-8-15)19(17,18)16-10-3-4-11(16)6-9(13)5-10/h7-11H,2-6H2,1H3. The fourth-order valence-corrected chi connectivity index (χ4v) is 5.46. The highest BCUT2D eigenvalue weighted by Crippen LogP contribution is 2.40. The summed E-state index contributed by atoms with van der Waals surface area (Å²) in [5, 5.41) is 0.274. The summed E-state index contributed by atoms with van der Waals surface area (Å²) < 4.78 is 28.8. The maximum Gasteiger partial charge on any atom is 0.262 e. The molecule has 2 unspecified atom stereocenters. The minimum Gasteiger partial charge on any atom is -0.336 e. The molecule has 0 N–H and O–H groups in total. The summed E-state index contributed by atoms with van der Waals surface area (Å²) in [5.41, 5.74) is 0. The summed E-state index contributed by atoms with van der Waals surface area (Å²) in [6, 6.07) is 0.107. The zero-order chi connectivity index (χ0) is 13.6. The van der Waals surface area contributed by atoms with E-state index in [9.17, 15) is 8.42 Å². The van der Waals surface area contributed by atoms with E-state index in [-0.39, 0.29) is 22.5 Å². The van der Waals surface area contributed by atoms with Crippen LogP contribution in [0.2, 0.25) is 0 Å². The molecule has 19 heavy (non-hydrogen) atoms. The van der Waals surface area contributed by atoms with Gasteiger partial charge in [0.25, 0.3) is 10.0 Å². The Morgan fingerprint density at radius 1 is 1.37 bits per heavy atom. The maximum absolute atomic E-state index is 12.7. The highest BCUT2D eigenvalue weighted by Gasteiger charge is 2.47. The maximum atomic E-state index is 12.7. The van der Waals surface area contributed by atoms with E-state index in [2.05, 4.69) is 4.98 Å².